The Labute approximate surface area is 113 Å². The van der Waals surface area contributed by atoms with Crippen molar-refractivity contribution in [3.05, 3.63) is 28.7 Å². The maximum Gasteiger partial charge on any atom is 0.248 e. The van der Waals surface area contributed by atoms with Gasteiger partial charge < -0.3 is 4.98 Å². The van der Waals surface area contributed by atoms with Crippen LogP contribution in [0.15, 0.2) is 28.2 Å². The topological polar surface area (TPSA) is 73.5 Å². The van der Waals surface area contributed by atoms with Crippen molar-refractivity contribution in [2.45, 2.75) is 30.8 Å². The van der Waals surface area contributed by atoms with Crippen LogP contribution in [0.25, 0.3) is 0 Å². The molecule has 7 heteroatoms. The molecule has 0 radical (unpaired) electrons. The number of rotatable bonds is 2. The molecule has 0 aromatic carbocycles. The molecule has 19 heavy (non-hydrogen) atoms. The summed E-state index contributed by atoms with van der Waals surface area (Å²) < 4.78 is 26.4. The number of likely N-dealkylation sites (N-methyl/N-ethyl adjacent to an activating group) is 1. The Morgan fingerprint density at radius 3 is 2.37 bits per heavy atom. The lowest BCUT2D eigenvalue weighted by Gasteiger charge is -2.41. The van der Waals surface area contributed by atoms with Gasteiger partial charge in [-0.05, 0) is 20.9 Å². The average Bonchev–Trinajstić information content (AvgIpc) is 2.35. The third-order valence-electron chi connectivity index (χ3n) is 3.73. The quantitative estimate of drug-likeness (QED) is 0.835. The Kier molecular flexibility index (Phi) is 3.80. The smallest absolute Gasteiger partial charge is 0.248 e. The van der Waals surface area contributed by atoms with Crippen LogP contribution in [-0.4, -0.2) is 54.8 Å². The molecule has 1 fully saturated rings. The Balaban J connectivity index is 2.36. The van der Waals surface area contributed by atoms with Crippen molar-refractivity contribution in [3.8, 4) is 0 Å². The van der Waals surface area contributed by atoms with Gasteiger partial charge in [-0.25, -0.2) is 8.42 Å². The minimum absolute atomic E-state index is 0.126. The average molecular weight is 285 g/mol. The minimum Gasteiger partial charge on any atom is -0.366 e. The first-order valence-corrected chi connectivity index (χ1v) is 7.67. The minimum atomic E-state index is -3.72. The number of nitrogens with zero attached hydrogens (tertiary/aromatic N) is 2. The summed E-state index contributed by atoms with van der Waals surface area (Å²) in [5, 5.41) is 0. The van der Waals surface area contributed by atoms with Gasteiger partial charge in [-0.2, -0.15) is 4.31 Å². The van der Waals surface area contributed by atoms with Crippen LogP contribution in [0, 0.1) is 0 Å². The summed E-state index contributed by atoms with van der Waals surface area (Å²) in [6.45, 7) is 4.76. The van der Waals surface area contributed by atoms with Crippen LogP contribution in [0.5, 0.6) is 0 Å². The monoisotopic (exact) mass is 285 g/mol. The largest absolute Gasteiger partial charge is 0.366 e. The third kappa shape index (κ3) is 2.58. The fraction of sp³-hybridized carbons (Fsp3) is 0.583. The molecular weight excluding hydrogens is 266 g/mol. The van der Waals surface area contributed by atoms with Crippen molar-refractivity contribution in [1.82, 2.24) is 14.2 Å². The standard InChI is InChI=1S/C12H19N3O3S/c1-9-7-15(8-10(2)14(9)3)19(17,18)12-6-13-5-4-11(12)16/h4-6,9-10H,7-8H2,1-3H3,(H,13,16). The van der Waals surface area contributed by atoms with E-state index in [0.717, 1.165) is 0 Å². The van der Waals surface area contributed by atoms with E-state index in [4.69, 9.17) is 0 Å². The van der Waals surface area contributed by atoms with Crippen LogP contribution in [0.2, 0.25) is 0 Å². The molecule has 0 amide bonds. The van der Waals surface area contributed by atoms with E-state index in [1.54, 1.807) is 0 Å². The van der Waals surface area contributed by atoms with Gasteiger partial charge in [0.05, 0.1) is 0 Å². The highest BCUT2D eigenvalue weighted by molar-refractivity contribution is 7.89. The van der Waals surface area contributed by atoms with Crippen molar-refractivity contribution in [1.29, 1.82) is 0 Å². The first-order valence-electron chi connectivity index (χ1n) is 6.23. The van der Waals surface area contributed by atoms with Gasteiger partial charge in [0, 0.05) is 43.6 Å². The predicted octanol–water partition coefficient (Wildman–Crippen LogP) is 0.0880. The van der Waals surface area contributed by atoms with Crippen molar-refractivity contribution in [2.75, 3.05) is 20.1 Å². The van der Waals surface area contributed by atoms with Crippen LogP contribution in [0.1, 0.15) is 13.8 Å². The molecule has 0 spiro atoms. The molecule has 0 aliphatic carbocycles. The van der Waals surface area contributed by atoms with Crippen LogP contribution < -0.4 is 5.43 Å². The number of sulfonamides is 1. The second-order valence-electron chi connectivity index (χ2n) is 5.06. The zero-order valence-corrected chi connectivity index (χ0v) is 12.1. The lowest BCUT2D eigenvalue weighted by molar-refractivity contribution is 0.105. The highest BCUT2D eigenvalue weighted by Crippen LogP contribution is 2.19. The number of nitrogens with one attached hydrogen (secondary N) is 1. The van der Waals surface area contributed by atoms with Crippen LogP contribution in [-0.2, 0) is 10.0 Å². The van der Waals surface area contributed by atoms with E-state index in [-0.39, 0.29) is 17.0 Å². The fourth-order valence-corrected chi connectivity index (χ4v) is 3.94. The van der Waals surface area contributed by atoms with Crippen LogP contribution in [0.4, 0.5) is 0 Å². The molecule has 6 nitrogen and oxygen atoms in total. The molecule has 2 unspecified atom stereocenters. The van der Waals surface area contributed by atoms with Crippen molar-refractivity contribution in [3.63, 3.8) is 0 Å². The lowest BCUT2D eigenvalue weighted by Crippen LogP contribution is -2.56. The first kappa shape index (κ1) is 14.2. The Morgan fingerprint density at radius 1 is 1.26 bits per heavy atom. The predicted molar refractivity (Wildman–Crippen MR) is 72.5 cm³/mol. The molecule has 0 bridgehead atoms. The molecular formula is C12H19N3O3S. The summed E-state index contributed by atoms with van der Waals surface area (Å²) in [5.74, 6) is 0. The van der Waals surface area contributed by atoms with Gasteiger partial charge >= 0.3 is 0 Å². The van der Waals surface area contributed by atoms with Crippen LogP contribution in [0.3, 0.4) is 0 Å². The number of piperazine rings is 1. The van der Waals surface area contributed by atoms with Crippen molar-refractivity contribution in [2.24, 2.45) is 0 Å². The second kappa shape index (κ2) is 5.07. The van der Waals surface area contributed by atoms with Gasteiger partial charge in [0.1, 0.15) is 4.90 Å². The molecule has 1 aliphatic heterocycles. The summed E-state index contributed by atoms with van der Waals surface area (Å²) in [7, 11) is -1.74. The van der Waals surface area contributed by atoms with E-state index < -0.39 is 15.5 Å². The number of aromatic nitrogens is 1. The van der Waals surface area contributed by atoms with Gasteiger partial charge in [0.2, 0.25) is 15.5 Å². The summed E-state index contributed by atoms with van der Waals surface area (Å²) in [6.07, 6.45) is 2.68. The molecule has 1 aromatic heterocycles. The number of aromatic amines is 1. The van der Waals surface area contributed by atoms with E-state index in [2.05, 4.69) is 9.88 Å². The SMILES string of the molecule is CC1CN(S(=O)(=O)c2c[nH]ccc2=O)CC(C)N1C. The number of hydrogen-bond acceptors (Lipinski definition) is 4. The second-order valence-corrected chi connectivity index (χ2v) is 6.96. The van der Waals surface area contributed by atoms with Gasteiger partial charge in [0.25, 0.3) is 0 Å². The summed E-state index contributed by atoms with van der Waals surface area (Å²) in [6, 6.07) is 1.48. The van der Waals surface area contributed by atoms with Crippen LogP contribution >= 0.6 is 0 Å². The number of pyridine rings is 1. The van der Waals surface area contributed by atoms with Crippen molar-refractivity contribution < 1.29 is 8.42 Å². The maximum atomic E-state index is 12.5. The maximum absolute atomic E-state index is 12.5. The molecule has 0 saturated carbocycles. The van der Waals surface area contributed by atoms with E-state index in [9.17, 15) is 13.2 Å². The highest BCUT2D eigenvalue weighted by Gasteiger charge is 2.35. The molecule has 2 heterocycles. The van der Waals surface area contributed by atoms with E-state index in [1.165, 1.54) is 22.8 Å². The van der Waals surface area contributed by atoms with Gasteiger partial charge in [-0.1, -0.05) is 0 Å². The number of hydrogen-bond donors (Lipinski definition) is 1. The molecule has 1 N–H and O–H groups in total. The Hall–Kier alpha value is -1.18. The summed E-state index contributed by atoms with van der Waals surface area (Å²) >= 11 is 0. The number of H-pyrrole nitrogens is 1. The Bertz CT molecular complexity index is 599. The zero-order valence-electron chi connectivity index (χ0n) is 11.3. The van der Waals surface area contributed by atoms with Crippen molar-refractivity contribution >= 4 is 10.0 Å². The highest BCUT2D eigenvalue weighted by atomic mass is 32.2. The summed E-state index contributed by atoms with van der Waals surface area (Å²) in [5.41, 5.74) is -0.474. The zero-order chi connectivity index (χ0) is 14.2. The fourth-order valence-electron chi connectivity index (χ4n) is 2.29. The van der Waals surface area contributed by atoms with Gasteiger partial charge in [0.15, 0.2) is 0 Å². The Morgan fingerprint density at radius 2 is 1.84 bits per heavy atom. The van der Waals surface area contributed by atoms with E-state index >= 15 is 0 Å². The molecule has 1 aromatic rings. The van der Waals surface area contributed by atoms with Gasteiger partial charge in [-0.3, -0.25) is 9.69 Å². The first-order chi connectivity index (χ1) is 8.84. The van der Waals surface area contributed by atoms with E-state index in [1.807, 2.05) is 20.9 Å². The third-order valence-corrected chi connectivity index (χ3v) is 5.59. The normalized spacial score (nSPS) is 26.5. The molecule has 106 valence electrons. The van der Waals surface area contributed by atoms with E-state index in [0.29, 0.717) is 13.1 Å². The molecule has 1 aliphatic rings. The molecule has 1 saturated heterocycles. The molecule has 2 atom stereocenters. The van der Waals surface area contributed by atoms with Gasteiger partial charge in [-0.15, -0.1) is 0 Å². The lowest BCUT2D eigenvalue weighted by atomic mass is 10.1. The molecule has 2 rings (SSSR count). The summed E-state index contributed by atoms with van der Waals surface area (Å²) in [4.78, 5) is 16.3.